The van der Waals surface area contributed by atoms with Crippen molar-refractivity contribution >= 4 is 34.8 Å². The molecule has 0 bridgehead atoms. The van der Waals surface area contributed by atoms with E-state index in [-0.39, 0.29) is 5.69 Å². The highest BCUT2D eigenvalue weighted by molar-refractivity contribution is 7.82. The molecule has 1 aromatic heterocycles. The average molecular weight is 270 g/mol. The molecule has 17 heavy (non-hydrogen) atoms. The van der Waals surface area contributed by atoms with Gasteiger partial charge in [-0.1, -0.05) is 29.0 Å². The Bertz CT molecular complexity index is 481. The van der Waals surface area contributed by atoms with Crippen LogP contribution in [0.5, 0.6) is 0 Å². The van der Waals surface area contributed by atoms with Crippen molar-refractivity contribution in [2.45, 2.75) is 11.3 Å². The van der Waals surface area contributed by atoms with Crippen LogP contribution in [0.4, 0.5) is 10.8 Å². The smallest absolute Gasteiger partial charge is 0.269 e. The van der Waals surface area contributed by atoms with E-state index >= 15 is 0 Å². The standard InChI is InChI=1S/C7H7NO2.C2H3N3S2/c1-6-2-4-7(5-3-6)8(9)10;3-1-4-5-2(6)7-1/h2-5H,1H3;(H2,3,4)(H,5,6). The molecule has 1 heterocycles. The summed E-state index contributed by atoms with van der Waals surface area (Å²) in [6.45, 7) is 1.89. The van der Waals surface area contributed by atoms with Crippen molar-refractivity contribution in [1.29, 1.82) is 0 Å². The Morgan fingerprint density at radius 2 is 1.94 bits per heavy atom. The summed E-state index contributed by atoms with van der Waals surface area (Å²) in [5.41, 5.74) is 6.35. The monoisotopic (exact) mass is 270 g/mol. The van der Waals surface area contributed by atoms with Crippen LogP contribution in [0.3, 0.4) is 0 Å². The summed E-state index contributed by atoms with van der Waals surface area (Å²) < 4.78 is 0.609. The molecule has 0 saturated heterocycles. The van der Waals surface area contributed by atoms with Crippen molar-refractivity contribution in [3.05, 3.63) is 39.9 Å². The summed E-state index contributed by atoms with van der Waals surface area (Å²) in [5.74, 6) is 0. The Balaban J connectivity index is 0.000000181. The highest BCUT2D eigenvalue weighted by Crippen LogP contribution is 2.13. The molecule has 0 unspecified atom stereocenters. The molecule has 0 radical (unpaired) electrons. The summed E-state index contributed by atoms with van der Waals surface area (Å²) in [6, 6.07) is 6.43. The number of nitrogen functional groups attached to an aromatic ring is 1. The second kappa shape index (κ2) is 6.16. The molecule has 0 saturated carbocycles. The molecule has 6 nitrogen and oxygen atoms in total. The van der Waals surface area contributed by atoms with Gasteiger partial charge >= 0.3 is 0 Å². The van der Waals surface area contributed by atoms with Crippen LogP contribution in [-0.4, -0.2) is 15.1 Å². The van der Waals surface area contributed by atoms with Crippen molar-refractivity contribution in [1.82, 2.24) is 10.2 Å². The van der Waals surface area contributed by atoms with Crippen molar-refractivity contribution in [3.63, 3.8) is 0 Å². The highest BCUT2D eigenvalue weighted by atomic mass is 32.2. The maximum Gasteiger partial charge on any atom is 0.269 e. The first-order chi connectivity index (χ1) is 7.99. The van der Waals surface area contributed by atoms with Crippen LogP contribution < -0.4 is 5.73 Å². The van der Waals surface area contributed by atoms with Crippen LogP contribution in [0.1, 0.15) is 5.56 Å². The number of nitro groups is 1. The van der Waals surface area contributed by atoms with Gasteiger partial charge in [-0.05, 0) is 6.92 Å². The topological polar surface area (TPSA) is 94.9 Å². The van der Waals surface area contributed by atoms with Crippen molar-refractivity contribution in [2.75, 3.05) is 5.73 Å². The molecular formula is C9H10N4O2S2. The quantitative estimate of drug-likeness (QED) is 0.471. The number of anilines is 1. The number of aromatic nitrogens is 2. The molecule has 2 rings (SSSR count). The van der Waals surface area contributed by atoms with Gasteiger partial charge in [0.2, 0.25) is 5.13 Å². The maximum absolute atomic E-state index is 10.1. The molecule has 90 valence electrons. The molecule has 0 spiro atoms. The molecule has 0 aliphatic heterocycles. The Labute approximate surface area is 107 Å². The fourth-order valence-electron chi connectivity index (χ4n) is 0.893. The number of nitrogens with zero attached hydrogens (tertiary/aromatic N) is 3. The van der Waals surface area contributed by atoms with Crippen molar-refractivity contribution in [2.24, 2.45) is 0 Å². The summed E-state index contributed by atoms with van der Waals surface area (Å²) in [6.07, 6.45) is 0. The minimum atomic E-state index is -0.403. The summed E-state index contributed by atoms with van der Waals surface area (Å²) in [7, 11) is 0. The van der Waals surface area contributed by atoms with E-state index in [9.17, 15) is 10.1 Å². The second-order valence-electron chi connectivity index (χ2n) is 3.02. The van der Waals surface area contributed by atoms with Gasteiger partial charge in [0, 0.05) is 12.1 Å². The van der Waals surface area contributed by atoms with E-state index < -0.39 is 4.92 Å². The molecule has 2 aromatic rings. The predicted molar refractivity (Wildman–Crippen MR) is 69.4 cm³/mol. The van der Waals surface area contributed by atoms with Gasteiger partial charge in [0.05, 0.1) is 4.92 Å². The predicted octanol–water partition coefficient (Wildman–Crippen LogP) is 2.31. The minimum Gasteiger partial charge on any atom is -0.374 e. The summed E-state index contributed by atoms with van der Waals surface area (Å²) >= 11 is 5.13. The zero-order valence-corrected chi connectivity index (χ0v) is 10.6. The number of rotatable bonds is 1. The van der Waals surface area contributed by atoms with E-state index in [0.29, 0.717) is 9.47 Å². The van der Waals surface area contributed by atoms with Crippen molar-refractivity contribution in [3.8, 4) is 0 Å². The van der Waals surface area contributed by atoms with Gasteiger partial charge < -0.3 is 5.73 Å². The fourth-order valence-corrected chi connectivity index (χ4v) is 1.57. The molecule has 8 heteroatoms. The molecule has 0 amide bonds. The van der Waals surface area contributed by atoms with Gasteiger partial charge in [-0.2, -0.15) is 0 Å². The molecular weight excluding hydrogens is 260 g/mol. The Morgan fingerprint density at radius 1 is 1.35 bits per heavy atom. The van der Waals surface area contributed by atoms with E-state index in [1.165, 1.54) is 23.5 Å². The fraction of sp³-hybridized carbons (Fsp3) is 0.111. The molecule has 0 fully saturated rings. The summed E-state index contributed by atoms with van der Waals surface area (Å²) in [5, 5.41) is 17.6. The third-order valence-corrected chi connectivity index (χ3v) is 2.59. The zero-order chi connectivity index (χ0) is 12.8. The number of hydrogen-bond donors (Lipinski definition) is 2. The maximum atomic E-state index is 10.1. The van der Waals surface area contributed by atoms with E-state index in [1.54, 1.807) is 12.1 Å². The van der Waals surface area contributed by atoms with Crippen LogP contribution in [-0.2, 0) is 0 Å². The number of non-ortho nitro benzene ring substituents is 1. The normalized spacial score (nSPS) is 9.29. The van der Waals surface area contributed by atoms with Gasteiger partial charge in [0.25, 0.3) is 5.69 Å². The third kappa shape index (κ3) is 4.79. The van der Waals surface area contributed by atoms with Crippen molar-refractivity contribution < 1.29 is 4.92 Å². The van der Waals surface area contributed by atoms with Crippen LogP contribution in [0.15, 0.2) is 28.6 Å². The lowest BCUT2D eigenvalue weighted by molar-refractivity contribution is -0.384. The Hall–Kier alpha value is -1.67. The van der Waals surface area contributed by atoms with Crippen LogP contribution >= 0.6 is 24.0 Å². The van der Waals surface area contributed by atoms with Crippen LogP contribution in [0.2, 0.25) is 0 Å². The largest absolute Gasteiger partial charge is 0.374 e. The molecule has 1 aromatic carbocycles. The first kappa shape index (κ1) is 13.4. The van der Waals surface area contributed by atoms with Gasteiger partial charge in [0.15, 0.2) is 4.34 Å². The molecule has 0 aliphatic rings. The SMILES string of the molecule is Cc1ccc([N+](=O)[O-])cc1.Nc1nnc(S)s1. The lowest BCUT2D eigenvalue weighted by Gasteiger charge is -1.90. The number of benzene rings is 1. The van der Waals surface area contributed by atoms with E-state index in [0.717, 1.165) is 5.56 Å². The average Bonchev–Trinajstić information content (AvgIpc) is 2.64. The number of aryl methyl sites for hydroxylation is 1. The number of nitrogens with two attached hydrogens (primary N) is 1. The first-order valence-electron chi connectivity index (χ1n) is 4.48. The van der Waals surface area contributed by atoms with E-state index in [4.69, 9.17) is 5.73 Å². The molecule has 0 atom stereocenters. The van der Waals surface area contributed by atoms with Gasteiger partial charge in [-0.15, -0.1) is 22.8 Å². The number of thiol groups is 1. The lowest BCUT2D eigenvalue weighted by Crippen LogP contribution is -1.86. The number of nitro benzene ring substituents is 1. The third-order valence-electron chi connectivity index (χ3n) is 1.67. The highest BCUT2D eigenvalue weighted by Gasteiger charge is 2.00. The van der Waals surface area contributed by atoms with Gasteiger partial charge in [-0.25, -0.2) is 0 Å². The van der Waals surface area contributed by atoms with Gasteiger partial charge in [-0.3, -0.25) is 10.1 Å². The first-order valence-corrected chi connectivity index (χ1v) is 5.74. The van der Waals surface area contributed by atoms with Crippen LogP contribution in [0, 0.1) is 17.0 Å². The van der Waals surface area contributed by atoms with Gasteiger partial charge in [0.1, 0.15) is 0 Å². The zero-order valence-electron chi connectivity index (χ0n) is 8.90. The van der Waals surface area contributed by atoms with Crippen LogP contribution in [0.25, 0.3) is 0 Å². The summed E-state index contributed by atoms with van der Waals surface area (Å²) in [4.78, 5) is 9.71. The molecule has 0 aliphatic carbocycles. The Morgan fingerprint density at radius 3 is 2.24 bits per heavy atom. The molecule has 2 N–H and O–H groups in total. The number of hydrogen-bond acceptors (Lipinski definition) is 7. The van der Waals surface area contributed by atoms with E-state index in [2.05, 4.69) is 22.8 Å². The lowest BCUT2D eigenvalue weighted by atomic mass is 10.2. The second-order valence-corrected chi connectivity index (χ2v) is 4.75. The Kier molecular flexibility index (Phi) is 4.85. The van der Waals surface area contributed by atoms with E-state index in [1.807, 2.05) is 6.92 Å². The minimum absolute atomic E-state index is 0.144.